The summed E-state index contributed by atoms with van der Waals surface area (Å²) in [5.74, 6) is -2.57. The molecule has 0 atom stereocenters. The molecule has 0 heterocycles. The van der Waals surface area contributed by atoms with Crippen LogP contribution in [-0.2, 0) is 20.0 Å². The molecule has 28 heavy (non-hydrogen) atoms. The maximum atomic E-state index is 13.7. The van der Waals surface area contributed by atoms with Crippen molar-refractivity contribution in [2.75, 3.05) is 5.32 Å². The summed E-state index contributed by atoms with van der Waals surface area (Å²) in [6.45, 7) is 0. The van der Waals surface area contributed by atoms with E-state index < -0.39 is 58.4 Å². The number of benzene rings is 2. The molecular formula is C14H9F6NO5S2. The molecule has 0 spiro atoms. The van der Waals surface area contributed by atoms with Gasteiger partial charge in [0, 0.05) is 11.8 Å². The van der Waals surface area contributed by atoms with Crippen molar-refractivity contribution in [1.29, 1.82) is 0 Å². The first kappa shape index (κ1) is 22.0. The molecule has 0 bridgehead atoms. The van der Waals surface area contributed by atoms with Gasteiger partial charge in [0.2, 0.25) is 9.84 Å². The number of hydrogen-bond acceptors (Lipinski definition) is 5. The topological polar surface area (TPSA) is 101 Å². The van der Waals surface area contributed by atoms with Crippen LogP contribution in [0, 0.1) is 11.6 Å². The molecular weight excluding hydrogens is 440 g/mol. The van der Waals surface area contributed by atoms with Crippen molar-refractivity contribution in [3.63, 3.8) is 0 Å². The van der Waals surface area contributed by atoms with Crippen LogP contribution in [0.2, 0.25) is 0 Å². The van der Waals surface area contributed by atoms with Crippen molar-refractivity contribution in [2.45, 2.75) is 21.1 Å². The quantitative estimate of drug-likeness (QED) is 0.304. The van der Waals surface area contributed by atoms with E-state index in [-0.39, 0.29) is 6.07 Å². The summed E-state index contributed by atoms with van der Waals surface area (Å²) < 4.78 is 134. The van der Waals surface area contributed by atoms with E-state index in [1.165, 1.54) is 0 Å². The molecule has 14 heteroatoms. The van der Waals surface area contributed by atoms with Crippen LogP contribution >= 0.6 is 0 Å². The molecule has 0 fully saturated rings. The summed E-state index contributed by atoms with van der Waals surface area (Å²) in [6.07, 6.45) is 0. The Bertz CT molecular complexity index is 1120. The average molecular weight is 449 g/mol. The third-order valence-electron chi connectivity index (χ3n) is 3.32. The van der Waals surface area contributed by atoms with Crippen LogP contribution in [0.15, 0.2) is 52.3 Å². The summed E-state index contributed by atoms with van der Waals surface area (Å²) in [6, 6.07) is -1.37. The highest BCUT2D eigenvalue weighted by Gasteiger charge is 2.66. The zero-order valence-electron chi connectivity index (χ0n) is 13.2. The van der Waals surface area contributed by atoms with Crippen LogP contribution in [0.3, 0.4) is 0 Å². The Kier molecular flexibility index (Phi) is 5.44. The van der Waals surface area contributed by atoms with Crippen LogP contribution in [0.4, 0.5) is 32.0 Å². The van der Waals surface area contributed by atoms with Crippen LogP contribution in [0.1, 0.15) is 0 Å². The van der Waals surface area contributed by atoms with Gasteiger partial charge in [0.25, 0.3) is 0 Å². The standard InChI is InChI=1S/C14H9F6NO5S2/c15-8-4-5-12(11(16)6-8)27(22,23)10-3-1-2-9(7-10)21-13(17,18)14(19,20)28(24,25)26/h1-7,21H,(H,24,25,26). The van der Waals surface area contributed by atoms with Gasteiger partial charge < -0.3 is 5.32 Å². The first-order valence-electron chi connectivity index (χ1n) is 6.90. The molecule has 154 valence electrons. The highest BCUT2D eigenvalue weighted by Crippen LogP contribution is 2.39. The molecule has 0 aliphatic heterocycles. The van der Waals surface area contributed by atoms with Gasteiger partial charge in [-0.05, 0) is 30.3 Å². The normalized spacial score (nSPS) is 13.4. The van der Waals surface area contributed by atoms with Crippen molar-refractivity contribution in [3.8, 4) is 0 Å². The van der Waals surface area contributed by atoms with Crippen molar-refractivity contribution in [3.05, 3.63) is 54.1 Å². The first-order chi connectivity index (χ1) is 12.6. The third kappa shape index (κ3) is 3.93. The second-order valence-electron chi connectivity index (χ2n) is 5.30. The Balaban J connectivity index is 2.47. The lowest BCUT2D eigenvalue weighted by Crippen LogP contribution is -2.51. The SMILES string of the molecule is O=S(=O)(c1cccc(NC(F)(F)C(F)(F)S(=O)(=O)O)c1)c1ccc(F)cc1F. The van der Waals surface area contributed by atoms with Crippen molar-refractivity contribution < 1.29 is 47.7 Å². The molecule has 0 aliphatic carbocycles. The highest BCUT2D eigenvalue weighted by molar-refractivity contribution is 7.91. The zero-order chi connectivity index (χ0) is 21.5. The van der Waals surface area contributed by atoms with E-state index in [0.29, 0.717) is 24.3 Å². The van der Waals surface area contributed by atoms with Gasteiger partial charge in [0.15, 0.2) is 0 Å². The van der Waals surface area contributed by atoms with Gasteiger partial charge in [0.05, 0.1) is 4.90 Å². The molecule has 0 aliphatic rings. The number of anilines is 1. The van der Waals surface area contributed by atoms with Crippen molar-refractivity contribution in [2.24, 2.45) is 0 Å². The second-order valence-corrected chi connectivity index (χ2v) is 8.68. The van der Waals surface area contributed by atoms with Gasteiger partial charge in [-0.2, -0.15) is 26.0 Å². The zero-order valence-corrected chi connectivity index (χ0v) is 14.8. The average Bonchev–Trinajstić information content (AvgIpc) is 2.53. The van der Waals surface area contributed by atoms with Gasteiger partial charge in [-0.3, -0.25) is 4.55 Å². The molecule has 0 radical (unpaired) electrons. The summed E-state index contributed by atoms with van der Waals surface area (Å²) >= 11 is 0. The van der Waals surface area contributed by atoms with Gasteiger partial charge in [0.1, 0.15) is 16.5 Å². The first-order valence-corrected chi connectivity index (χ1v) is 9.83. The van der Waals surface area contributed by atoms with Gasteiger partial charge >= 0.3 is 21.4 Å². The molecule has 0 saturated heterocycles. The van der Waals surface area contributed by atoms with E-state index in [2.05, 4.69) is 0 Å². The molecule has 0 unspecified atom stereocenters. The maximum absolute atomic E-state index is 13.7. The minimum Gasteiger partial charge on any atom is -0.321 e. The largest absolute Gasteiger partial charge is 0.452 e. The number of rotatable bonds is 6. The predicted molar refractivity (Wildman–Crippen MR) is 83.3 cm³/mol. The minimum absolute atomic E-state index is 0.260. The van der Waals surface area contributed by atoms with Gasteiger partial charge in [-0.25, -0.2) is 17.2 Å². The number of sulfone groups is 1. The number of halogens is 6. The Hall–Kier alpha value is -2.32. The highest BCUT2D eigenvalue weighted by atomic mass is 32.2. The summed E-state index contributed by atoms with van der Waals surface area (Å²) in [5.41, 5.74) is -0.989. The molecule has 2 N–H and O–H groups in total. The fourth-order valence-electron chi connectivity index (χ4n) is 1.98. The van der Waals surface area contributed by atoms with Crippen LogP contribution in [-0.4, -0.2) is 32.7 Å². The van der Waals surface area contributed by atoms with Crippen LogP contribution < -0.4 is 5.32 Å². The van der Waals surface area contributed by atoms with E-state index in [9.17, 15) is 43.2 Å². The second kappa shape index (κ2) is 6.93. The molecule has 0 saturated carbocycles. The van der Waals surface area contributed by atoms with Crippen molar-refractivity contribution in [1.82, 2.24) is 0 Å². The predicted octanol–water partition coefficient (Wildman–Crippen LogP) is 3.28. The van der Waals surface area contributed by atoms with E-state index in [0.717, 1.165) is 17.4 Å². The summed E-state index contributed by atoms with van der Waals surface area (Å²) in [5, 5.41) is -5.13. The molecule has 2 aromatic rings. The lowest BCUT2D eigenvalue weighted by molar-refractivity contribution is -0.140. The monoisotopic (exact) mass is 449 g/mol. The lowest BCUT2D eigenvalue weighted by atomic mass is 10.3. The Morgan fingerprint density at radius 2 is 1.50 bits per heavy atom. The number of nitrogens with one attached hydrogen (secondary N) is 1. The number of alkyl halides is 4. The molecule has 0 amide bonds. The fourth-order valence-corrected chi connectivity index (χ4v) is 3.71. The van der Waals surface area contributed by atoms with Gasteiger partial charge in [-0.1, -0.05) is 6.07 Å². The lowest BCUT2D eigenvalue weighted by Gasteiger charge is -2.25. The molecule has 2 aromatic carbocycles. The maximum Gasteiger partial charge on any atom is 0.452 e. The fraction of sp³-hybridized carbons (Fsp3) is 0.143. The molecule has 0 aromatic heterocycles. The minimum atomic E-state index is -6.52. The summed E-state index contributed by atoms with van der Waals surface area (Å²) in [7, 11) is -11.2. The smallest absolute Gasteiger partial charge is 0.321 e. The summed E-state index contributed by atoms with van der Waals surface area (Å²) in [4.78, 5) is -1.85. The Morgan fingerprint density at radius 3 is 2.04 bits per heavy atom. The Labute approximate surface area is 154 Å². The van der Waals surface area contributed by atoms with E-state index in [4.69, 9.17) is 4.55 Å². The van der Waals surface area contributed by atoms with E-state index in [1.54, 1.807) is 0 Å². The van der Waals surface area contributed by atoms with Crippen LogP contribution in [0.5, 0.6) is 0 Å². The van der Waals surface area contributed by atoms with E-state index >= 15 is 0 Å². The van der Waals surface area contributed by atoms with Crippen molar-refractivity contribution >= 4 is 25.6 Å². The Morgan fingerprint density at radius 1 is 0.893 bits per heavy atom. The molecule has 6 nitrogen and oxygen atoms in total. The third-order valence-corrected chi connectivity index (χ3v) is 6.01. The van der Waals surface area contributed by atoms with E-state index in [1.807, 2.05) is 0 Å². The molecule has 2 rings (SSSR count). The van der Waals surface area contributed by atoms with Gasteiger partial charge in [-0.15, -0.1) is 0 Å². The number of hydrogen-bond donors (Lipinski definition) is 2. The van der Waals surface area contributed by atoms with Crippen LogP contribution in [0.25, 0.3) is 0 Å².